The van der Waals surface area contributed by atoms with Crippen LogP contribution in [0.5, 0.6) is 5.88 Å². The lowest BCUT2D eigenvalue weighted by Gasteiger charge is -2.07. The van der Waals surface area contributed by atoms with Crippen molar-refractivity contribution in [2.24, 2.45) is 10.2 Å². The second kappa shape index (κ2) is 12.9. The SMILES string of the molecule is CCCCn1c(O)c(N=NC(=O)Nc2ccccc2)c2cc(SCCc3ccc(C(=O)OC)cc3)ccc21. The number of fused-ring (bicyclic) bond motifs is 1. The van der Waals surface area contributed by atoms with Crippen LogP contribution in [0.4, 0.5) is 16.2 Å². The molecule has 0 saturated heterocycles. The second-order valence-corrected chi connectivity index (χ2v) is 9.81. The lowest BCUT2D eigenvalue weighted by molar-refractivity contribution is 0.0600. The number of hydrogen-bond acceptors (Lipinski definition) is 6. The zero-order valence-corrected chi connectivity index (χ0v) is 22.2. The number of azo groups is 1. The van der Waals surface area contributed by atoms with E-state index < -0.39 is 6.03 Å². The van der Waals surface area contributed by atoms with Crippen molar-refractivity contribution < 1.29 is 19.4 Å². The van der Waals surface area contributed by atoms with E-state index in [4.69, 9.17) is 4.74 Å². The highest BCUT2D eigenvalue weighted by Gasteiger charge is 2.18. The molecular formula is C29H30N4O4S. The van der Waals surface area contributed by atoms with Gasteiger partial charge in [-0.1, -0.05) is 48.8 Å². The summed E-state index contributed by atoms with van der Waals surface area (Å²) >= 11 is 1.68. The summed E-state index contributed by atoms with van der Waals surface area (Å²) in [5.41, 5.74) is 3.38. The highest BCUT2D eigenvalue weighted by molar-refractivity contribution is 7.99. The summed E-state index contributed by atoms with van der Waals surface area (Å²) in [6, 6.07) is 21.8. The molecule has 0 aliphatic heterocycles. The number of rotatable bonds is 10. The van der Waals surface area contributed by atoms with Gasteiger partial charge in [0.2, 0.25) is 5.88 Å². The number of urea groups is 1. The van der Waals surface area contributed by atoms with Gasteiger partial charge < -0.3 is 19.7 Å². The first-order valence-corrected chi connectivity index (χ1v) is 13.4. The van der Waals surface area contributed by atoms with Crippen molar-refractivity contribution >= 4 is 46.0 Å². The average Bonchev–Trinajstić information content (AvgIpc) is 3.20. The van der Waals surface area contributed by atoms with Crippen LogP contribution in [-0.4, -0.2) is 34.5 Å². The van der Waals surface area contributed by atoms with Gasteiger partial charge in [0.25, 0.3) is 0 Å². The summed E-state index contributed by atoms with van der Waals surface area (Å²) in [6.45, 7) is 2.73. The average molecular weight is 531 g/mol. The summed E-state index contributed by atoms with van der Waals surface area (Å²) in [7, 11) is 1.37. The smallest absolute Gasteiger partial charge is 0.364 e. The van der Waals surface area contributed by atoms with Crippen LogP contribution in [-0.2, 0) is 17.7 Å². The Morgan fingerprint density at radius 3 is 2.53 bits per heavy atom. The quantitative estimate of drug-likeness (QED) is 0.125. The number of benzene rings is 3. The standard InChI is InChI=1S/C29H30N4O4S/c1-3-4-17-33-25-15-14-23(38-18-16-20-10-12-21(13-11-20)28(35)37-2)19-24(25)26(27(33)34)31-32-29(36)30-22-8-6-5-7-9-22/h5-15,19,34H,3-4,16-18H2,1-2H3,(H,30,36). The van der Waals surface area contributed by atoms with Crippen LogP contribution in [0.25, 0.3) is 10.9 Å². The summed E-state index contributed by atoms with van der Waals surface area (Å²) in [4.78, 5) is 25.0. The van der Waals surface area contributed by atoms with Gasteiger partial charge >= 0.3 is 12.0 Å². The monoisotopic (exact) mass is 530 g/mol. The van der Waals surface area contributed by atoms with Gasteiger partial charge in [-0.25, -0.2) is 9.59 Å². The molecule has 4 aromatic rings. The Balaban J connectivity index is 1.51. The second-order valence-electron chi connectivity index (χ2n) is 8.64. The number of aromatic nitrogens is 1. The number of amides is 2. The number of carbonyl (C=O) groups excluding carboxylic acids is 2. The van der Waals surface area contributed by atoms with Gasteiger partial charge in [-0.15, -0.1) is 16.9 Å². The van der Waals surface area contributed by atoms with Crippen molar-refractivity contribution in [3.63, 3.8) is 0 Å². The van der Waals surface area contributed by atoms with E-state index in [1.807, 2.05) is 53.1 Å². The fraction of sp³-hybridized carbons (Fsp3) is 0.241. The molecule has 1 aromatic heterocycles. The van der Waals surface area contributed by atoms with Crippen LogP contribution >= 0.6 is 11.8 Å². The minimum atomic E-state index is -0.617. The highest BCUT2D eigenvalue weighted by atomic mass is 32.2. The van der Waals surface area contributed by atoms with Crippen LogP contribution in [0, 0.1) is 0 Å². The number of hydrogen-bond donors (Lipinski definition) is 2. The molecule has 0 spiro atoms. The first-order chi connectivity index (χ1) is 18.5. The lowest BCUT2D eigenvalue weighted by atomic mass is 10.1. The molecule has 0 atom stereocenters. The number of thioether (sulfide) groups is 1. The molecule has 0 aliphatic carbocycles. The number of anilines is 1. The summed E-state index contributed by atoms with van der Waals surface area (Å²) in [5, 5.41) is 22.3. The number of carbonyl (C=O) groups is 2. The van der Waals surface area contributed by atoms with E-state index in [1.54, 1.807) is 36.0 Å². The van der Waals surface area contributed by atoms with Gasteiger partial charge in [0.1, 0.15) is 0 Å². The van der Waals surface area contributed by atoms with E-state index in [0.29, 0.717) is 17.8 Å². The molecule has 8 nitrogen and oxygen atoms in total. The van der Waals surface area contributed by atoms with E-state index in [0.717, 1.165) is 46.4 Å². The summed E-state index contributed by atoms with van der Waals surface area (Å²) in [5.74, 6) is 0.471. The maximum Gasteiger partial charge on any atom is 0.364 e. The Hall–Kier alpha value is -4.11. The first-order valence-electron chi connectivity index (χ1n) is 12.4. The third-order valence-corrected chi connectivity index (χ3v) is 7.01. The molecule has 9 heteroatoms. The van der Waals surface area contributed by atoms with Crippen molar-refractivity contribution in [1.82, 2.24) is 4.57 Å². The van der Waals surface area contributed by atoms with Gasteiger partial charge in [-0.3, -0.25) is 0 Å². The van der Waals surface area contributed by atoms with Crippen molar-refractivity contribution in [3.05, 3.63) is 83.9 Å². The van der Waals surface area contributed by atoms with Crippen molar-refractivity contribution in [2.75, 3.05) is 18.2 Å². The molecule has 0 saturated carbocycles. The molecule has 2 N–H and O–H groups in total. The molecule has 0 unspecified atom stereocenters. The zero-order chi connectivity index (χ0) is 26.9. The van der Waals surface area contributed by atoms with Crippen molar-refractivity contribution in [3.8, 4) is 5.88 Å². The molecule has 196 valence electrons. The molecule has 2 amide bonds. The number of ether oxygens (including phenoxy) is 1. The van der Waals surface area contributed by atoms with Gasteiger partial charge in [0.05, 0.1) is 18.2 Å². The molecular weight excluding hydrogens is 500 g/mol. The Morgan fingerprint density at radius 1 is 1.05 bits per heavy atom. The molecule has 0 bridgehead atoms. The highest BCUT2D eigenvalue weighted by Crippen LogP contribution is 2.41. The van der Waals surface area contributed by atoms with E-state index in [9.17, 15) is 14.7 Å². The van der Waals surface area contributed by atoms with Crippen LogP contribution in [0.1, 0.15) is 35.7 Å². The first kappa shape index (κ1) is 26.9. The Bertz CT molecular complexity index is 1430. The molecule has 4 rings (SSSR count). The van der Waals surface area contributed by atoms with E-state index in [-0.39, 0.29) is 17.5 Å². The maximum atomic E-state index is 12.3. The number of aryl methyl sites for hydroxylation is 2. The van der Waals surface area contributed by atoms with E-state index >= 15 is 0 Å². The molecule has 0 fully saturated rings. The molecule has 0 aliphatic rings. The minimum absolute atomic E-state index is 0.00226. The third-order valence-electron chi connectivity index (χ3n) is 6.02. The Morgan fingerprint density at radius 2 is 1.82 bits per heavy atom. The number of nitrogens with zero attached hydrogens (tertiary/aromatic N) is 3. The molecule has 1 heterocycles. The van der Waals surface area contributed by atoms with Crippen LogP contribution < -0.4 is 5.32 Å². The fourth-order valence-electron chi connectivity index (χ4n) is 4.01. The molecule has 3 aromatic carbocycles. The number of aromatic hydroxyl groups is 1. The topological polar surface area (TPSA) is 105 Å². The number of unbranched alkanes of at least 4 members (excludes halogenated alkanes) is 1. The fourth-order valence-corrected chi connectivity index (χ4v) is 4.95. The summed E-state index contributed by atoms with van der Waals surface area (Å²) < 4.78 is 6.57. The predicted molar refractivity (Wildman–Crippen MR) is 151 cm³/mol. The Labute approximate surface area is 225 Å². The number of nitrogens with one attached hydrogen (secondary N) is 1. The number of para-hydroxylation sites is 1. The summed E-state index contributed by atoms with van der Waals surface area (Å²) in [6.07, 6.45) is 2.69. The van der Waals surface area contributed by atoms with Crippen LogP contribution in [0.2, 0.25) is 0 Å². The minimum Gasteiger partial charge on any atom is -0.493 e. The largest absolute Gasteiger partial charge is 0.493 e. The predicted octanol–water partition coefficient (Wildman–Crippen LogP) is 7.58. The van der Waals surface area contributed by atoms with E-state index in [2.05, 4.69) is 22.5 Å². The third kappa shape index (κ3) is 6.60. The normalized spacial score (nSPS) is 11.2. The number of esters is 1. The van der Waals surface area contributed by atoms with Crippen molar-refractivity contribution in [1.29, 1.82) is 0 Å². The molecule has 0 radical (unpaired) electrons. The molecule has 38 heavy (non-hydrogen) atoms. The van der Waals surface area contributed by atoms with Gasteiger partial charge in [-0.05, 0) is 60.9 Å². The Kier molecular flexibility index (Phi) is 9.16. The maximum absolute atomic E-state index is 12.3. The van der Waals surface area contributed by atoms with E-state index in [1.165, 1.54) is 7.11 Å². The van der Waals surface area contributed by atoms with Crippen LogP contribution in [0.3, 0.4) is 0 Å². The van der Waals surface area contributed by atoms with Gasteiger partial charge in [0, 0.05) is 28.3 Å². The van der Waals surface area contributed by atoms with Crippen molar-refractivity contribution in [2.45, 2.75) is 37.6 Å². The number of methoxy groups -OCH3 is 1. The van der Waals surface area contributed by atoms with Gasteiger partial charge in [-0.2, -0.15) is 0 Å². The zero-order valence-electron chi connectivity index (χ0n) is 21.4. The van der Waals surface area contributed by atoms with Crippen LogP contribution in [0.15, 0.2) is 87.9 Å². The lowest BCUT2D eigenvalue weighted by Crippen LogP contribution is -2.04. The van der Waals surface area contributed by atoms with Gasteiger partial charge in [0.15, 0.2) is 5.69 Å².